The minimum absolute atomic E-state index is 0.238. The van der Waals surface area contributed by atoms with Crippen molar-refractivity contribution in [2.24, 2.45) is 11.5 Å². The number of nitrogens with two attached hydrogens (primary N) is 2. The number of hydrogen-bond donors (Lipinski definition) is 3. The highest BCUT2D eigenvalue weighted by Gasteiger charge is 2.15. The minimum atomic E-state index is -0.602. The van der Waals surface area contributed by atoms with E-state index in [1.807, 2.05) is 0 Å². The van der Waals surface area contributed by atoms with E-state index in [1.165, 1.54) is 29.5 Å². The Morgan fingerprint density at radius 3 is 2.71 bits per heavy atom. The molecule has 1 atom stereocenters. The fourth-order valence-electron chi connectivity index (χ4n) is 1.56. The third-order valence-corrected chi connectivity index (χ3v) is 4.02. The SMILES string of the molecule is CC(N)c1nc(C(=O)Nc2cc(C(N)=O)ccc2Cl)cs1. The number of aromatic nitrogens is 1. The lowest BCUT2D eigenvalue weighted by Gasteiger charge is -2.07. The van der Waals surface area contributed by atoms with Gasteiger partial charge in [0.15, 0.2) is 0 Å². The van der Waals surface area contributed by atoms with E-state index < -0.39 is 11.8 Å². The van der Waals surface area contributed by atoms with Crippen LogP contribution >= 0.6 is 22.9 Å². The van der Waals surface area contributed by atoms with Crippen LogP contribution < -0.4 is 16.8 Å². The van der Waals surface area contributed by atoms with Crippen LogP contribution in [-0.4, -0.2) is 16.8 Å². The first-order chi connectivity index (χ1) is 9.88. The first-order valence-corrected chi connectivity index (χ1v) is 7.26. The summed E-state index contributed by atoms with van der Waals surface area (Å²) >= 11 is 7.29. The number of nitrogens with one attached hydrogen (secondary N) is 1. The van der Waals surface area contributed by atoms with E-state index in [2.05, 4.69) is 10.3 Å². The number of amides is 2. The fraction of sp³-hybridized carbons (Fsp3) is 0.154. The molecule has 8 heteroatoms. The van der Waals surface area contributed by atoms with Crippen LogP contribution in [0.3, 0.4) is 0 Å². The highest BCUT2D eigenvalue weighted by molar-refractivity contribution is 7.09. The second-order valence-electron chi connectivity index (χ2n) is 4.37. The predicted molar refractivity (Wildman–Crippen MR) is 82.6 cm³/mol. The molecule has 0 saturated heterocycles. The Hall–Kier alpha value is -1.96. The molecule has 1 heterocycles. The average molecular weight is 325 g/mol. The molecule has 0 fully saturated rings. The molecule has 2 rings (SSSR count). The molecule has 2 amide bonds. The Balaban J connectivity index is 2.22. The van der Waals surface area contributed by atoms with Gasteiger partial charge in [0.1, 0.15) is 10.7 Å². The Morgan fingerprint density at radius 1 is 1.43 bits per heavy atom. The highest BCUT2D eigenvalue weighted by Crippen LogP contribution is 2.24. The largest absolute Gasteiger partial charge is 0.366 e. The highest BCUT2D eigenvalue weighted by atomic mass is 35.5. The maximum absolute atomic E-state index is 12.1. The van der Waals surface area contributed by atoms with Gasteiger partial charge in [-0.05, 0) is 25.1 Å². The van der Waals surface area contributed by atoms with Gasteiger partial charge in [0, 0.05) is 10.9 Å². The molecule has 0 bridgehead atoms. The summed E-state index contributed by atoms with van der Waals surface area (Å²) in [5, 5.41) is 5.18. The molecule has 0 spiro atoms. The molecule has 6 nitrogen and oxygen atoms in total. The number of anilines is 1. The van der Waals surface area contributed by atoms with Gasteiger partial charge >= 0.3 is 0 Å². The maximum Gasteiger partial charge on any atom is 0.275 e. The second kappa shape index (κ2) is 6.21. The average Bonchev–Trinajstić information content (AvgIpc) is 2.90. The van der Waals surface area contributed by atoms with Gasteiger partial charge in [-0.15, -0.1) is 11.3 Å². The van der Waals surface area contributed by atoms with Crippen molar-refractivity contribution in [2.45, 2.75) is 13.0 Å². The number of rotatable bonds is 4. The molecule has 0 saturated carbocycles. The Bertz CT molecular complexity index is 699. The smallest absolute Gasteiger partial charge is 0.275 e. The van der Waals surface area contributed by atoms with E-state index in [-0.39, 0.29) is 17.3 Å². The third-order valence-electron chi connectivity index (χ3n) is 2.64. The molecule has 0 aliphatic carbocycles. The van der Waals surface area contributed by atoms with Crippen LogP contribution in [-0.2, 0) is 0 Å². The lowest BCUT2D eigenvalue weighted by Crippen LogP contribution is -2.15. The van der Waals surface area contributed by atoms with Crippen molar-refractivity contribution in [1.29, 1.82) is 0 Å². The zero-order chi connectivity index (χ0) is 15.6. The monoisotopic (exact) mass is 324 g/mol. The van der Waals surface area contributed by atoms with Crippen LogP contribution in [0.25, 0.3) is 0 Å². The van der Waals surface area contributed by atoms with E-state index in [9.17, 15) is 9.59 Å². The first-order valence-electron chi connectivity index (χ1n) is 6.00. The topological polar surface area (TPSA) is 111 Å². The van der Waals surface area contributed by atoms with Crippen molar-refractivity contribution in [3.05, 3.63) is 44.9 Å². The summed E-state index contributed by atoms with van der Waals surface area (Å²) in [7, 11) is 0. The van der Waals surface area contributed by atoms with Crippen molar-refractivity contribution in [3.63, 3.8) is 0 Å². The minimum Gasteiger partial charge on any atom is -0.366 e. The van der Waals surface area contributed by atoms with E-state index >= 15 is 0 Å². The lowest BCUT2D eigenvalue weighted by molar-refractivity contribution is 0.0995. The normalized spacial score (nSPS) is 12.0. The standard InChI is InChI=1S/C13H13ClN4O2S/c1-6(15)13-18-10(5-21-13)12(20)17-9-4-7(11(16)19)2-3-8(9)14/h2-6H,15H2,1H3,(H2,16,19)(H,17,20). The number of hydrogen-bond acceptors (Lipinski definition) is 5. The molecule has 0 aliphatic heterocycles. The number of primary amides is 1. The molecule has 0 radical (unpaired) electrons. The second-order valence-corrected chi connectivity index (χ2v) is 5.67. The van der Waals surface area contributed by atoms with E-state index in [0.717, 1.165) is 0 Å². The van der Waals surface area contributed by atoms with Crippen LogP contribution in [0.2, 0.25) is 5.02 Å². The first kappa shape index (κ1) is 15.4. The van der Waals surface area contributed by atoms with Crippen LogP contribution in [0, 0.1) is 0 Å². The van der Waals surface area contributed by atoms with Crippen molar-refractivity contribution < 1.29 is 9.59 Å². The number of carbonyl (C=O) groups excluding carboxylic acids is 2. The Morgan fingerprint density at radius 2 is 2.14 bits per heavy atom. The number of thiazole rings is 1. The van der Waals surface area contributed by atoms with Gasteiger partial charge in [0.05, 0.1) is 16.8 Å². The molecule has 1 unspecified atom stereocenters. The number of benzene rings is 1. The van der Waals surface area contributed by atoms with E-state index in [1.54, 1.807) is 12.3 Å². The Labute approximate surface area is 130 Å². The van der Waals surface area contributed by atoms with Crippen molar-refractivity contribution >= 4 is 40.4 Å². The molecule has 21 heavy (non-hydrogen) atoms. The van der Waals surface area contributed by atoms with Gasteiger partial charge in [-0.25, -0.2) is 4.98 Å². The van der Waals surface area contributed by atoms with Gasteiger partial charge < -0.3 is 16.8 Å². The zero-order valence-corrected chi connectivity index (χ0v) is 12.7. The molecular weight excluding hydrogens is 312 g/mol. The number of carbonyl (C=O) groups is 2. The number of halogens is 1. The summed E-state index contributed by atoms with van der Waals surface area (Å²) < 4.78 is 0. The lowest BCUT2D eigenvalue weighted by atomic mass is 10.2. The van der Waals surface area contributed by atoms with Crippen molar-refractivity contribution in [2.75, 3.05) is 5.32 Å². The summed E-state index contributed by atoms with van der Waals surface area (Å²) in [4.78, 5) is 27.4. The summed E-state index contributed by atoms with van der Waals surface area (Å²) in [6.07, 6.45) is 0. The van der Waals surface area contributed by atoms with Crippen LogP contribution in [0.5, 0.6) is 0 Å². The predicted octanol–water partition coefficient (Wildman–Crippen LogP) is 2.17. The van der Waals surface area contributed by atoms with Gasteiger partial charge in [-0.3, -0.25) is 9.59 Å². The summed E-state index contributed by atoms with van der Waals surface area (Å²) in [6.45, 7) is 1.79. The maximum atomic E-state index is 12.1. The molecule has 0 aliphatic rings. The van der Waals surface area contributed by atoms with Crippen LogP contribution in [0.4, 0.5) is 5.69 Å². The van der Waals surface area contributed by atoms with Gasteiger partial charge in [-0.2, -0.15) is 0 Å². The summed E-state index contributed by atoms with van der Waals surface area (Å²) in [5.74, 6) is -1.03. The molecule has 2 aromatic rings. The molecule has 1 aromatic carbocycles. The Kier molecular flexibility index (Phi) is 4.56. The van der Waals surface area contributed by atoms with Gasteiger partial charge in [-0.1, -0.05) is 11.6 Å². The molecule has 110 valence electrons. The van der Waals surface area contributed by atoms with E-state index in [4.69, 9.17) is 23.1 Å². The van der Waals surface area contributed by atoms with Crippen LogP contribution in [0.1, 0.15) is 38.8 Å². The van der Waals surface area contributed by atoms with E-state index in [0.29, 0.717) is 15.7 Å². The van der Waals surface area contributed by atoms with Crippen LogP contribution in [0.15, 0.2) is 23.6 Å². The molecule has 5 N–H and O–H groups in total. The summed E-state index contributed by atoms with van der Waals surface area (Å²) in [5.41, 5.74) is 11.7. The quantitative estimate of drug-likeness (QED) is 0.800. The summed E-state index contributed by atoms with van der Waals surface area (Å²) in [6, 6.07) is 4.16. The fourth-order valence-corrected chi connectivity index (χ4v) is 2.48. The molecule has 1 aromatic heterocycles. The third kappa shape index (κ3) is 3.57. The molecular formula is C13H13ClN4O2S. The van der Waals surface area contributed by atoms with Crippen molar-refractivity contribution in [1.82, 2.24) is 4.98 Å². The van der Waals surface area contributed by atoms with Crippen molar-refractivity contribution in [3.8, 4) is 0 Å². The zero-order valence-electron chi connectivity index (χ0n) is 11.1. The van der Waals surface area contributed by atoms with Gasteiger partial charge in [0.2, 0.25) is 5.91 Å². The number of nitrogens with zero attached hydrogens (tertiary/aromatic N) is 1. The van der Waals surface area contributed by atoms with Gasteiger partial charge in [0.25, 0.3) is 5.91 Å².